The normalized spacial score (nSPS) is 10.5. The molecule has 0 saturated heterocycles. The summed E-state index contributed by atoms with van der Waals surface area (Å²) in [6.45, 7) is 1.97. The van der Waals surface area contributed by atoms with Gasteiger partial charge in [-0.05, 0) is 28.9 Å². The third-order valence-electron chi connectivity index (χ3n) is 1.83. The maximum absolute atomic E-state index is 10.6. The van der Waals surface area contributed by atoms with Crippen molar-refractivity contribution in [2.75, 3.05) is 0 Å². The minimum Gasteiger partial charge on any atom is -0.476 e. The van der Waals surface area contributed by atoms with Crippen molar-refractivity contribution in [1.82, 2.24) is 5.16 Å². The number of aromatic carboxylic acids is 1. The van der Waals surface area contributed by atoms with E-state index in [1.54, 1.807) is 0 Å². The molecule has 2 aromatic rings. The molecule has 0 unspecified atom stereocenters. The number of carboxylic acids is 1. The summed E-state index contributed by atoms with van der Waals surface area (Å²) in [6.07, 6.45) is 0. The van der Waals surface area contributed by atoms with E-state index in [0.29, 0.717) is 5.76 Å². The van der Waals surface area contributed by atoms with Gasteiger partial charge in [0.15, 0.2) is 11.5 Å². The molecule has 4 nitrogen and oxygen atoms in total. The molecule has 0 spiro atoms. The van der Waals surface area contributed by atoms with Crippen LogP contribution in [0.2, 0.25) is 0 Å². The van der Waals surface area contributed by atoms with Gasteiger partial charge in [0.05, 0.1) is 4.88 Å². The Morgan fingerprint density at radius 3 is 2.80 bits per heavy atom. The lowest BCUT2D eigenvalue weighted by Crippen LogP contribution is -1.94. The van der Waals surface area contributed by atoms with E-state index < -0.39 is 5.97 Å². The van der Waals surface area contributed by atoms with Crippen molar-refractivity contribution in [3.63, 3.8) is 0 Å². The van der Waals surface area contributed by atoms with Gasteiger partial charge in [-0.1, -0.05) is 5.16 Å². The van der Waals surface area contributed by atoms with Crippen molar-refractivity contribution >= 4 is 33.2 Å². The Morgan fingerprint density at radius 2 is 2.33 bits per heavy atom. The van der Waals surface area contributed by atoms with Crippen LogP contribution >= 0.6 is 27.3 Å². The van der Waals surface area contributed by atoms with Crippen molar-refractivity contribution in [2.45, 2.75) is 6.92 Å². The van der Waals surface area contributed by atoms with Gasteiger partial charge in [-0.3, -0.25) is 0 Å². The number of rotatable bonds is 2. The van der Waals surface area contributed by atoms with Gasteiger partial charge >= 0.3 is 5.97 Å². The van der Waals surface area contributed by atoms with Gasteiger partial charge in [0.1, 0.15) is 0 Å². The molecule has 0 atom stereocenters. The summed E-state index contributed by atoms with van der Waals surface area (Å²) < 4.78 is 5.92. The van der Waals surface area contributed by atoms with Crippen LogP contribution in [0.15, 0.2) is 21.1 Å². The lowest BCUT2D eigenvalue weighted by Gasteiger charge is -1.83. The maximum Gasteiger partial charge on any atom is 0.358 e. The fraction of sp³-hybridized carbons (Fsp3) is 0.111. The molecule has 0 aliphatic heterocycles. The SMILES string of the molecule is Cc1sc(-c2cc(C(=O)O)no2)cc1Br. The molecule has 78 valence electrons. The molecule has 2 rings (SSSR count). The molecule has 0 aromatic carbocycles. The summed E-state index contributed by atoms with van der Waals surface area (Å²) in [5.74, 6) is -0.608. The molecule has 0 fully saturated rings. The Bertz CT molecular complexity index is 498. The van der Waals surface area contributed by atoms with E-state index >= 15 is 0 Å². The summed E-state index contributed by atoms with van der Waals surface area (Å²) in [5.41, 5.74) is -0.0767. The highest BCUT2D eigenvalue weighted by Crippen LogP contribution is 2.34. The van der Waals surface area contributed by atoms with Gasteiger partial charge in [-0.25, -0.2) is 4.79 Å². The molecule has 2 heterocycles. The highest BCUT2D eigenvalue weighted by atomic mass is 79.9. The van der Waals surface area contributed by atoms with Crippen LogP contribution in [-0.4, -0.2) is 16.2 Å². The van der Waals surface area contributed by atoms with Crippen LogP contribution in [0.25, 0.3) is 10.6 Å². The predicted molar refractivity (Wildman–Crippen MR) is 59.2 cm³/mol. The Morgan fingerprint density at radius 1 is 1.60 bits per heavy atom. The quantitative estimate of drug-likeness (QED) is 0.921. The topological polar surface area (TPSA) is 63.3 Å². The van der Waals surface area contributed by atoms with Gasteiger partial charge in [-0.2, -0.15) is 0 Å². The highest BCUT2D eigenvalue weighted by Gasteiger charge is 2.14. The first-order chi connectivity index (χ1) is 7.08. The molecular weight excluding hydrogens is 282 g/mol. The van der Waals surface area contributed by atoms with Crippen LogP contribution in [0.3, 0.4) is 0 Å². The number of nitrogens with zero attached hydrogens (tertiary/aromatic N) is 1. The van der Waals surface area contributed by atoms with Crippen LogP contribution in [-0.2, 0) is 0 Å². The number of halogens is 1. The predicted octanol–water partition coefficient (Wildman–Crippen LogP) is 3.17. The summed E-state index contributed by atoms with van der Waals surface area (Å²) in [7, 11) is 0. The van der Waals surface area contributed by atoms with Crippen molar-refractivity contribution in [1.29, 1.82) is 0 Å². The molecule has 0 amide bonds. The second kappa shape index (κ2) is 3.79. The van der Waals surface area contributed by atoms with E-state index in [-0.39, 0.29) is 5.69 Å². The third kappa shape index (κ3) is 1.95. The Labute approximate surface area is 97.6 Å². The monoisotopic (exact) mass is 287 g/mol. The zero-order valence-electron chi connectivity index (χ0n) is 7.65. The highest BCUT2D eigenvalue weighted by molar-refractivity contribution is 9.10. The Kier molecular flexibility index (Phi) is 2.62. The number of aromatic nitrogens is 1. The van der Waals surface area contributed by atoms with Crippen molar-refractivity contribution in [3.8, 4) is 10.6 Å². The van der Waals surface area contributed by atoms with Gasteiger partial charge < -0.3 is 9.63 Å². The molecule has 0 bridgehead atoms. The number of thiophene rings is 1. The summed E-state index contributed by atoms with van der Waals surface area (Å²) >= 11 is 4.90. The minimum atomic E-state index is -1.09. The molecule has 1 N–H and O–H groups in total. The first kappa shape index (κ1) is 10.4. The van der Waals surface area contributed by atoms with Gasteiger partial charge in [-0.15, -0.1) is 11.3 Å². The zero-order valence-corrected chi connectivity index (χ0v) is 10.1. The molecule has 0 aliphatic rings. The smallest absolute Gasteiger partial charge is 0.358 e. The van der Waals surface area contributed by atoms with E-state index in [9.17, 15) is 4.79 Å². The second-order valence-electron chi connectivity index (χ2n) is 2.90. The number of carboxylic acid groups (broad SMARTS) is 1. The number of hydrogen-bond acceptors (Lipinski definition) is 4. The maximum atomic E-state index is 10.6. The lowest BCUT2D eigenvalue weighted by molar-refractivity contribution is 0.0686. The fourth-order valence-corrected chi connectivity index (χ4v) is 2.56. The molecule has 0 aliphatic carbocycles. The van der Waals surface area contributed by atoms with E-state index in [0.717, 1.165) is 14.2 Å². The van der Waals surface area contributed by atoms with E-state index in [2.05, 4.69) is 21.1 Å². The molecular formula is C9H6BrNO3S. The number of carbonyl (C=O) groups is 1. The molecule has 0 radical (unpaired) electrons. The van der Waals surface area contributed by atoms with Crippen LogP contribution in [0.5, 0.6) is 0 Å². The van der Waals surface area contributed by atoms with Crippen molar-refractivity contribution < 1.29 is 14.4 Å². The third-order valence-corrected chi connectivity index (χ3v) is 3.98. The molecule has 6 heteroatoms. The second-order valence-corrected chi connectivity index (χ2v) is 5.01. The Balaban J connectivity index is 2.41. The molecule has 15 heavy (non-hydrogen) atoms. The average Bonchev–Trinajstić information content (AvgIpc) is 2.74. The van der Waals surface area contributed by atoms with Crippen LogP contribution in [0.4, 0.5) is 0 Å². The number of hydrogen-bond donors (Lipinski definition) is 1. The van der Waals surface area contributed by atoms with E-state index in [4.69, 9.17) is 9.63 Å². The van der Waals surface area contributed by atoms with Gasteiger partial charge in [0.25, 0.3) is 0 Å². The lowest BCUT2D eigenvalue weighted by atomic mass is 10.3. The van der Waals surface area contributed by atoms with Crippen LogP contribution in [0, 0.1) is 6.92 Å². The molecule has 0 saturated carbocycles. The van der Waals surface area contributed by atoms with Crippen LogP contribution < -0.4 is 0 Å². The summed E-state index contributed by atoms with van der Waals surface area (Å²) in [6, 6.07) is 3.30. The number of aryl methyl sites for hydroxylation is 1. The first-order valence-electron chi connectivity index (χ1n) is 4.04. The average molecular weight is 288 g/mol. The van der Waals surface area contributed by atoms with E-state index in [1.165, 1.54) is 17.4 Å². The van der Waals surface area contributed by atoms with E-state index in [1.807, 2.05) is 13.0 Å². The van der Waals surface area contributed by atoms with Gasteiger partial charge in [0, 0.05) is 15.4 Å². The standard InChI is InChI=1S/C9H6BrNO3S/c1-4-5(10)2-8(15-4)7-3-6(9(12)13)11-14-7/h2-3H,1H3,(H,12,13). The first-order valence-corrected chi connectivity index (χ1v) is 5.65. The van der Waals surface area contributed by atoms with Crippen molar-refractivity contribution in [2.24, 2.45) is 0 Å². The summed E-state index contributed by atoms with van der Waals surface area (Å²) in [5, 5.41) is 12.1. The van der Waals surface area contributed by atoms with Crippen molar-refractivity contribution in [3.05, 3.63) is 27.2 Å². The summed E-state index contributed by atoms with van der Waals surface area (Å²) in [4.78, 5) is 12.6. The largest absolute Gasteiger partial charge is 0.476 e. The van der Waals surface area contributed by atoms with Crippen LogP contribution in [0.1, 0.15) is 15.4 Å². The minimum absolute atomic E-state index is 0.0767. The van der Waals surface area contributed by atoms with Gasteiger partial charge in [0.2, 0.25) is 0 Å². The molecule has 2 aromatic heterocycles. The Hall–Kier alpha value is -1.14. The zero-order chi connectivity index (χ0) is 11.0. The fourth-order valence-electron chi connectivity index (χ4n) is 1.07.